The fourth-order valence-electron chi connectivity index (χ4n) is 1.67. The highest BCUT2D eigenvalue weighted by Gasteiger charge is 2.24. The number of rotatable bonds is 3. The van der Waals surface area contributed by atoms with Crippen molar-refractivity contribution in [2.24, 2.45) is 5.73 Å². The Morgan fingerprint density at radius 3 is 2.50 bits per heavy atom. The number of aromatic nitrogens is 1. The molecule has 0 spiro atoms. The van der Waals surface area contributed by atoms with Gasteiger partial charge in [-0.05, 0) is 32.4 Å². The molecule has 0 amide bonds. The molecule has 1 aromatic carbocycles. The number of thiazole rings is 1. The van der Waals surface area contributed by atoms with Crippen LogP contribution in [-0.2, 0) is 5.54 Å². The highest BCUT2D eigenvalue weighted by atomic mass is 35.5. The Kier molecular flexibility index (Phi) is 3.76. The summed E-state index contributed by atoms with van der Waals surface area (Å²) in [6.07, 6.45) is 0.875. The van der Waals surface area contributed by atoms with E-state index >= 15 is 0 Å². The molecule has 2 rings (SSSR count). The molecule has 2 nitrogen and oxygen atoms in total. The predicted octanol–water partition coefficient (Wildman–Crippen LogP) is 4.36. The van der Waals surface area contributed by atoms with Gasteiger partial charge in [0.2, 0.25) is 0 Å². The van der Waals surface area contributed by atoms with Crippen LogP contribution in [-0.4, -0.2) is 4.98 Å². The van der Waals surface area contributed by atoms with Crippen molar-refractivity contribution in [2.45, 2.75) is 32.7 Å². The van der Waals surface area contributed by atoms with Crippen molar-refractivity contribution in [1.29, 1.82) is 0 Å². The Morgan fingerprint density at radius 1 is 1.33 bits per heavy atom. The van der Waals surface area contributed by atoms with Crippen LogP contribution in [0.25, 0.3) is 11.3 Å². The molecular weight excluding hydrogens is 264 g/mol. The summed E-state index contributed by atoms with van der Waals surface area (Å²) in [7, 11) is 0. The molecule has 0 aliphatic rings. The molecule has 0 saturated heterocycles. The minimum atomic E-state index is -0.347. The Bertz CT molecular complexity index is 543. The first-order valence-corrected chi connectivity index (χ1v) is 7.16. The maximum absolute atomic E-state index is 6.25. The lowest BCUT2D eigenvalue weighted by atomic mass is 10.0. The summed E-state index contributed by atoms with van der Waals surface area (Å²) in [5.74, 6) is 0. The third kappa shape index (κ3) is 2.58. The van der Waals surface area contributed by atoms with Crippen molar-refractivity contribution in [3.05, 3.63) is 39.2 Å². The topological polar surface area (TPSA) is 38.9 Å². The molecular formula is C14H17ClN2S. The van der Waals surface area contributed by atoms with E-state index in [1.54, 1.807) is 11.3 Å². The Labute approximate surface area is 117 Å². The summed E-state index contributed by atoms with van der Waals surface area (Å²) in [4.78, 5) is 5.89. The smallest absolute Gasteiger partial charge is 0.113 e. The minimum absolute atomic E-state index is 0.347. The molecule has 0 fully saturated rings. The fourth-order valence-corrected chi connectivity index (χ4v) is 2.86. The summed E-state index contributed by atoms with van der Waals surface area (Å²) >= 11 is 7.58. The lowest BCUT2D eigenvalue weighted by molar-refractivity contribution is 0.474. The van der Waals surface area contributed by atoms with Crippen molar-refractivity contribution < 1.29 is 0 Å². The van der Waals surface area contributed by atoms with E-state index in [2.05, 4.69) is 13.8 Å². The first-order chi connectivity index (χ1) is 8.44. The van der Waals surface area contributed by atoms with Crippen LogP contribution in [0.15, 0.2) is 24.3 Å². The van der Waals surface area contributed by atoms with E-state index in [0.29, 0.717) is 0 Å². The van der Waals surface area contributed by atoms with E-state index in [0.717, 1.165) is 27.7 Å². The third-order valence-electron chi connectivity index (χ3n) is 3.14. The minimum Gasteiger partial charge on any atom is -0.320 e. The van der Waals surface area contributed by atoms with Gasteiger partial charge in [-0.3, -0.25) is 0 Å². The second-order valence-corrected chi connectivity index (χ2v) is 6.34. The Morgan fingerprint density at radius 2 is 1.94 bits per heavy atom. The van der Waals surface area contributed by atoms with Gasteiger partial charge in [0.1, 0.15) is 5.01 Å². The van der Waals surface area contributed by atoms with Gasteiger partial charge < -0.3 is 5.73 Å². The molecule has 2 aromatic rings. The van der Waals surface area contributed by atoms with Crippen LogP contribution in [0.3, 0.4) is 0 Å². The second-order valence-electron chi connectivity index (χ2n) is 4.70. The van der Waals surface area contributed by atoms with Gasteiger partial charge in [-0.15, -0.1) is 11.3 Å². The van der Waals surface area contributed by atoms with E-state index in [9.17, 15) is 0 Å². The molecule has 1 heterocycles. The Hall–Kier alpha value is -0.900. The summed E-state index contributed by atoms with van der Waals surface area (Å²) in [5.41, 5.74) is 8.00. The van der Waals surface area contributed by atoms with Crippen molar-refractivity contribution in [1.82, 2.24) is 4.98 Å². The number of halogens is 1. The molecule has 1 unspecified atom stereocenters. The maximum Gasteiger partial charge on any atom is 0.113 e. The van der Waals surface area contributed by atoms with Gasteiger partial charge in [-0.25, -0.2) is 4.98 Å². The molecule has 1 atom stereocenters. The van der Waals surface area contributed by atoms with Gasteiger partial charge in [0.25, 0.3) is 0 Å². The molecule has 0 saturated carbocycles. The molecule has 4 heteroatoms. The normalized spacial score (nSPS) is 14.5. The lowest BCUT2D eigenvalue weighted by Crippen LogP contribution is -2.31. The van der Waals surface area contributed by atoms with Crippen LogP contribution < -0.4 is 5.73 Å². The van der Waals surface area contributed by atoms with Gasteiger partial charge in [0, 0.05) is 15.5 Å². The first kappa shape index (κ1) is 13.5. The van der Waals surface area contributed by atoms with E-state index < -0.39 is 0 Å². The molecule has 0 radical (unpaired) electrons. The standard InChI is InChI=1S/C14H17ClN2S/c1-4-14(3,16)13-17-12(9(2)18-13)10-5-7-11(15)8-6-10/h5-8H,4,16H2,1-3H3. The number of benzene rings is 1. The van der Waals surface area contributed by atoms with Gasteiger partial charge in [0.05, 0.1) is 11.2 Å². The van der Waals surface area contributed by atoms with Crippen molar-refractivity contribution in [3.63, 3.8) is 0 Å². The van der Waals surface area contributed by atoms with Gasteiger partial charge in [-0.2, -0.15) is 0 Å². The first-order valence-electron chi connectivity index (χ1n) is 5.97. The van der Waals surface area contributed by atoms with Crippen LogP contribution in [0.4, 0.5) is 0 Å². The largest absolute Gasteiger partial charge is 0.320 e. The van der Waals surface area contributed by atoms with E-state index in [-0.39, 0.29) is 5.54 Å². The zero-order chi connectivity index (χ0) is 13.3. The van der Waals surface area contributed by atoms with Crippen LogP contribution in [0, 0.1) is 6.92 Å². The van der Waals surface area contributed by atoms with Crippen LogP contribution in [0.5, 0.6) is 0 Å². The van der Waals surface area contributed by atoms with Crippen LogP contribution in [0.1, 0.15) is 30.2 Å². The summed E-state index contributed by atoms with van der Waals surface area (Å²) in [6.45, 7) is 6.19. The van der Waals surface area contributed by atoms with Gasteiger partial charge in [0.15, 0.2) is 0 Å². The number of nitrogens with two attached hydrogens (primary N) is 1. The number of aryl methyl sites for hydroxylation is 1. The lowest BCUT2D eigenvalue weighted by Gasteiger charge is -2.18. The molecule has 96 valence electrons. The van der Waals surface area contributed by atoms with E-state index in [1.165, 1.54) is 4.88 Å². The predicted molar refractivity (Wildman–Crippen MR) is 79.1 cm³/mol. The summed E-state index contributed by atoms with van der Waals surface area (Å²) in [6, 6.07) is 7.76. The van der Waals surface area contributed by atoms with Crippen molar-refractivity contribution >= 4 is 22.9 Å². The Balaban J connectivity index is 2.44. The average Bonchev–Trinajstić information content (AvgIpc) is 2.73. The van der Waals surface area contributed by atoms with Gasteiger partial charge >= 0.3 is 0 Å². The molecule has 1 aromatic heterocycles. The SMILES string of the molecule is CCC(C)(N)c1nc(-c2ccc(Cl)cc2)c(C)s1. The highest BCUT2D eigenvalue weighted by molar-refractivity contribution is 7.12. The second kappa shape index (κ2) is 5.00. The van der Waals surface area contributed by atoms with E-state index in [4.69, 9.17) is 22.3 Å². The van der Waals surface area contributed by atoms with Crippen molar-refractivity contribution in [2.75, 3.05) is 0 Å². The zero-order valence-corrected chi connectivity index (χ0v) is 12.4. The average molecular weight is 281 g/mol. The van der Waals surface area contributed by atoms with Crippen molar-refractivity contribution in [3.8, 4) is 11.3 Å². The highest BCUT2D eigenvalue weighted by Crippen LogP contribution is 2.33. The fraction of sp³-hybridized carbons (Fsp3) is 0.357. The van der Waals surface area contributed by atoms with Crippen LogP contribution in [0.2, 0.25) is 5.02 Å². The molecule has 2 N–H and O–H groups in total. The monoisotopic (exact) mass is 280 g/mol. The van der Waals surface area contributed by atoms with Crippen LogP contribution >= 0.6 is 22.9 Å². The molecule has 0 bridgehead atoms. The molecule has 0 aliphatic heterocycles. The number of hydrogen-bond acceptors (Lipinski definition) is 3. The summed E-state index contributed by atoms with van der Waals surface area (Å²) in [5, 5.41) is 1.73. The molecule has 0 aliphatic carbocycles. The number of hydrogen-bond donors (Lipinski definition) is 1. The quantitative estimate of drug-likeness (QED) is 0.907. The van der Waals surface area contributed by atoms with Gasteiger partial charge in [-0.1, -0.05) is 30.7 Å². The molecule has 18 heavy (non-hydrogen) atoms. The van der Waals surface area contributed by atoms with E-state index in [1.807, 2.05) is 31.2 Å². The number of nitrogens with zero attached hydrogens (tertiary/aromatic N) is 1. The third-order valence-corrected chi connectivity index (χ3v) is 4.64. The zero-order valence-electron chi connectivity index (χ0n) is 10.8. The summed E-state index contributed by atoms with van der Waals surface area (Å²) < 4.78 is 0. The maximum atomic E-state index is 6.25.